The number of nitrogens with two attached hydrogens (primary N) is 2. The smallest absolute Gasteiger partial charge is 0.0319 e. The molecule has 2 nitrogen and oxygen atoms in total. The Morgan fingerprint density at radius 3 is 2.92 bits per heavy atom. The van der Waals surface area contributed by atoms with Crippen LogP contribution in [0.25, 0.3) is 0 Å². The highest BCUT2D eigenvalue weighted by Crippen LogP contribution is 2.33. The Bertz CT molecular complexity index is 318. The molecule has 1 aromatic rings. The van der Waals surface area contributed by atoms with Crippen LogP contribution in [-0.4, -0.2) is 0 Å². The molecule has 2 rings (SSSR count). The molecule has 0 aromatic heterocycles. The van der Waals surface area contributed by atoms with Crippen molar-refractivity contribution < 1.29 is 0 Å². The number of aryl methyl sites for hydroxylation is 2. The van der Waals surface area contributed by atoms with Gasteiger partial charge in [-0.2, -0.15) is 0 Å². The van der Waals surface area contributed by atoms with E-state index in [4.69, 9.17) is 11.5 Å². The average Bonchev–Trinajstić information content (AvgIpc) is 2.31. The first-order valence-electron chi connectivity index (χ1n) is 4.33. The molecule has 0 aliphatic heterocycles. The molecule has 1 atom stereocenters. The first kappa shape index (κ1) is 7.62. The van der Waals surface area contributed by atoms with Crippen LogP contribution in [0.4, 0.5) is 5.69 Å². The van der Waals surface area contributed by atoms with Crippen LogP contribution in [0.2, 0.25) is 0 Å². The Hall–Kier alpha value is -1.02. The van der Waals surface area contributed by atoms with Gasteiger partial charge in [-0.25, -0.2) is 0 Å². The molecule has 2 heteroatoms. The highest BCUT2D eigenvalue weighted by molar-refractivity contribution is 5.52. The molecule has 0 heterocycles. The van der Waals surface area contributed by atoms with Gasteiger partial charge in [0.25, 0.3) is 0 Å². The molecule has 1 aromatic carbocycles. The average molecular weight is 162 g/mol. The van der Waals surface area contributed by atoms with Crippen LogP contribution >= 0.6 is 0 Å². The summed E-state index contributed by atoms with van der Waals surface area (Å²) in [5.41, 5.74) is 16.5. The molecular formula is C10H14N2. The second-order valence-electron chi connectivity index (χ2n) is 3.56. The number of fused-ring (bicyclic) bond motifs is 1. The van der Waals surface area contributed by atoms with E-state index in [9.17, 15) is 0 Å². The molecule has 0 saturated heterocycles. The van der Waals surface area contributed by atoms with Crippen LogP contribution in [0.15, 0.2) is 12.1 Å². The zero-order chi connectivity index (χ0) is 8.72. The van der Waals surface area contributed by atoms with Gasteiger partial charge in [0.05, 0.1) is 0 Å². The van der Waals surface area contributed by atoms with Gasteiger partial charge in [0.2, 0.25) is 0 Å². The molecule has 64 valence electrons. The molecule has 0 spiro atoms. The fraction of sp³-hybridized carbons (Fsp3) is 0.400. The lowest BCUT2D eigenvalue weighted by molar-refractivity contribution is 0.710. The van der Waals surface area contributed by atoms with Crippen molar-refractivity contribution in [2.75, 3.05) is 5.73 Å². The summed E-state index contributed by atoms with van der Waals surface area (Å²) in [4.78, 5) is 0. The van der Waals surface area contributed by atoms with Gasteiger partial charge in [-0.15, -0.1) is 0 Å². The van der Waals surface area contributed by atoms with Gasteiger partial charge in [-0.1, -0.05) is 0 Å². The number of benzene rings is 1. The molecule has 1 unspecified atom stereocenters. The van der Waals surface area contributed by atoms with Crippen LogP contribution in [0.1, 0.15) is 29.2 Å². The van der Waals surface area contributed by atoms with E-state index >= 15 is 0 Å². The number of nitrogen functional groups attached to an aromatic ring is 1. The summed E-state index contributed by atoms with van der Waals surface area (Å²) < 4.78 is 0. The summed E-state index contributed by atoms with van der Waals surface area (Å²) in [7, 11) is 0. The minimum atomic E-state index is 0.237. The first-order chi connectivity index (χ1) is 5.68. The fourth-order valence-electron chi connectivity index (χ4n) is 2.09. The van der Waals surface area contributed by atoms with Crippen molar-refractivity contribution >= 4 is 5.69 Å². The SMILES string of the molecule is Cc1cc(N)cc2c1C(N)CC2. The van der Waals surface area contributed by atoms with Crippen molar-refractivity contribution in [2.45, 2.75) is 25.8 Å². The van der Waals surface area contributed by atoms with Gasteiger partial charge < -0.3 is 11.5 Å². The van der Waals surface area contributed by atoms with Crippen molar-refractivity contribution in [1.29, 1.82) is 0 Å². The number of rotatable bonds is 0. The summed E-state index contributed by atoms with van der Waals surface area (Å²) in [6.07, 6.45) is 2.15. The lowest BCUT2D eigenvalue weighted by Gasteiger charge is -2.09. The minimum Gasteiger partial charge on any atom is -0.399 e. The zero-order valence-corrected chi connectivity index (χ0v) is 7.30. The normalized spacial score (nSPS) is 21.0. The van der Waals surface area contributed by atoms with Gasteiger partial charge in [0.15, 0.2) is 0 Å². The first-order valence-corrected chi connectivity index (χ1v) is 4.33. The molecule has 0 amide bonds. The van der Waals surface area contributed by atoms with Gasteiger partial charge in [-0.05, 0) is 48.6 Å². The quantitative estimate of drug-likeness (QED) is 0.568. The third kappa shape index (κ3) is 0.994. The number of anilines is 1. The summed E-state index contributed by atoms with van der Waals surface area (Å²) in [6.45, 7) is 2.08. The Morgan fingerprint density at radius 2 is 2.17 bits per heavy atom. The van der Waals surface area contributed by atoms with Gasteiger partial charge in [-0.3, -0.25) is 0 Å². The van der Waals surface area contributed by atoms with Crippen molar-refractivity contribution in [3.8, 4) is 0 Å². The van der Waals surface area contributed by atoms with E-state index in [1.807, 2.05) is 6.07 Å². The molecule has 12 heavy (non-hydrogen) atoms. The van der Waals surface area contributed by atoms with Crippen molar-refractivity contribution in [3.05, 3.63) is 28.8 Å². The van der Waals surface area contributed by atoms with Crippen LogP contribution in [0.5, 0.6) is 0 Å². The van der Waals surface area contributed by atoms with E-state index in [0.717, 1.165) is 18.5 Å². The van der Waals surface area contributed by atoms with E-state index in [1.54, 1.807) is 0 Å². The number of hydrogen-bond donors (Lipinski definition) is 2. The molecule has 4 N–H and O–H groups in total. The van der Waals surface area contributed by atoms with Crippen LogP contribution in [0.3, 0.4) is 0 Å². The fourth-order valence-corrected chi connectivity index (χ4v) is 2.09. The molecular weight excluding hydrogens is 148 g/mol. The third-order valence-corrected chi connectivity index (χ3v) is 2.59. The maximum Gasteiger partial charge on any atom is 0.0319 e. The maximum atomic E-state index is 5.96. The predicted molar refractivity (Wildman–Crippen MR) is 50.8 cm³/mol. The Morgan fingerprint density at radius 1 is 1.42 bits per heavy atom. The predicted octanol–water partition coefficient (Wildman–Crippen LogP) is 1.52. The van der Waals surface area contributed by atoms with Gasteiger partial charge in [0, 0.05) is 11.7 Å². The van der Waals surface area contributed by atoms with Gasteiger partial charge in [0.1, 0.15) is 0 Å². The van der Waals surface area contributed by atoms with E-state index in [1.165, 1.54) is 16.7 Å². The monoisotopic (exact) mass is 162 g/mol. The topological polar surface area (TPSA) is 52.0 Å². The van der Waals surface area contributed by atoms with E-state index in [-0.39, 0.29) is 6.04 Å². The lowest BCUT2D eigenvalue weighted by atomic mass is 10.0. The minimum absolute atomic E-state index is 0.237. The summed E-state index contributed by atoms with van der Waals surface area (Å²) in [5, 5.41) is 0. The largest absolute Gasteiger partial charge is 0.399 e. The third-order valence-electron chi connectivity index (χ3n) is 2.59. The molecule has 0 saturated carbocycles. The van der Waals surface area contributed by atoms with E-state index in [0.29, 0.717) is 0 Å². The summed E-state index contributed by atoms with van der Waals surface area (Å²) >= 11 is 0. The summed E-state index contributed by atoms with van der Waals surface area (Å²) in [5.74, 6) is 0. The second-order valence-corrected chi connectivity index (χ2v) is 3.56. The van der Waals surface area contributed by atoms with Crippen molar-refractivity contribution in [2.24, 2.45) is 5.73 Å². The molecule has 0 fully saturated rings. The Kier molecular flexibility index (Phi) is 1.58. The van der Waals surface area contributed by atoms with Crippen LogP contribution in [0, 0.1) is 6.92 Å². The molecule has 0 radical (unpaired) electrons. The van der Waals surface area contributed by atoms with Crippen molar-refractivity contribution in [1.82, 2.24) is 0 Å². The van der Waals surface area contributed by atoms with E-state index in [2.05, 4.69) is 13.0 Å². The maximum absolute atomic E-state index is 5.96. The Balaban J connectivity index is 2.60. The molecule has 1 aliphatic rings. The lowest BCUT2D eigenvalue weighted by Crippen LogP contribution is -2.07. The van der Waals surface area contributed by atoms with E-state index < -0.39 is 0 Å². The second kappa shape index (κ2) is 2.49. The van der Waals surface area contributed by atoms with Gasteiger partial charge >= 0.3 is 0 Å². The van der Waals surface area contributed by atoms with Crippen LogP contribution < -0.4 is 11.5 Å². The highest BCUT2D eigenvalue weighted by atomic mass is 14.7. The van der Waals surface area contributed by atoms with Crippen molar-refractivity contribution in [3.63, 3.8) is 0 Å². The zero-order valence-electron chi connectivity index (χ0n) is 7.30. The standard InChI is InChI=1S/C10H14N2/c1-6-4-8(11)5-7-2-3-9(12)10(6)7/h4-5,9H,2-3,11-12H2,1H3. The molecule has 1 aliphatic carbocycles. The Labute approximate surface area is 72.6 Å². The summed E-state index contributed by atoms with van der Waals surface area (Å²) in [6, 6.07) is 4.29. The number of hydrogen-bond acceptors (Lipinski definition) is 2. The highest BCUT2D eigenvalue weighted by Gasteiger charge is 2.20. The van der Waals surface area contributed by atoms with Crippen LogP contribution in [-0.2, 0) is 6.42 Å². The molecule has 0 bridgehead atoms.